The molecule has 4 heteroatoms. The Bertz CT molecular complexity index is 395. The van der Waals surface area contributed by atoms with E-state index in [0.717, 1.165) is 5.56 Å². The molecular formula is C13H22N2O2. The van der Waals surface area contributed by atoms with E-state index in [0.29, 0.717) is 18.0 Å². The molecule has 0 amide bonds. The molecule has 1 rings (SSSR count). The molecule has 0 aliphatic rings. The first kappa shape index (κ1) is 13.8. The summed E-state index contributed by atoms with van der Waals surface area (Å²) >= 11 is 0. The first-order valence-corrected chi connectivity index (χ1v) is 5.67. The zero-order valence-corrected chi connectivity index (χ0v) is 10.9. The smallest absolute Gasteiger partial charge is 0.143 e. The van der Waals surface area contributed by atoms with Gasteiger partial charge in [-0.25, -0.2) is 0 Å². The van der Waals surface area contributed by atoms with Crippen molar-refractivity contribution in [1.29, 1.82) is 0 Å². The Morgan fingerprint density at radius 3 is 2.29 bits per heavy atom. The number of aliphatic hydroxyl groups is 1. The van der Waals surface area contributed by atoms with Gasteiger partial charge in [-0.1, -0.05) is 6.07 Å². The first-order valence-electron chi connectivity index (χ1n) is 5.67. The lowest BCUT2D eigenvalue weighted by Gasteiger charge is -2.37. The van der Waals surface area contributed by atoms with Crippen LogP contribution in [0.5, 0.6) is 5.75 Å². The molecule has 5 N–H and O–H groups in total. The highest BCUT2D eigenvalue weighted by molar-refractivity contribution is 5.54. The number of nitrogen functional groups attached to an aromatic ring is 1. The van der Waals surface area contributed by atoms with Crippen molar-refractivity contribution in [2.45, 2.75) is 45.4 Å². The first-order chi connectivity index (χ1) is 7.67. The van der Waals surface area contributed by atoms with Crippen LogP contribution in [-0.4, -0.2) is 16.3 Å². The van der Waals surface area contributed by atoms with E-state index < -0.39 is 11.2 Å². The van der Waals surface area contributed by atoms with Crippen LogP contribution in [0.4, 0.5) is 5.69 Å². The summed E-state index contributed by atoms with van der Waals surface area (Å²) in [7, 11) is 0. The summed E-state index contributed by atoms with van der Waals surface area (Å²) in [5.74, 6) is 0.556. The normalized spacial score (nSPS) is 12.6. The van der Waals surface area contributed by atoms with Crippen LogP contribution in [0.1, 0.15) is 33.3 Å². The molecule has 0 aromatic heterocycles. The summed E-state index contributed by atoms with van der Waals surface area (Å²) in [6, 6.07) is 5.43. The lowest BCUT2D eigenvalue weighted by atomic mass is 9.89. The number of hydrogen-bond donors (Lipinski definition) is 3. The van der Waals surface area contributed by atoms with Gasteiger partial charge in [-0.15, -0.1) is 0 Å². The van der Waals surface area contributed by atoms with Gasteiger partial charge in [0.15, 0.2) is 0 Å². The predicted molar refractivity (Wildman–Crippen MR) is 69.8 cm³/mol. The molecule has 4 nitrogen and oxygen atoms in total. The summed E-state index contributed by atoms with van der Waals surface area (Å²) in [4.78, 5) is 0. The molecular weight excluding hydrogens is 216 g/mol. The Balaban J connectivity index is 3.02. The van der Waals surface area contributed by atoms with Crippen molar-refractivity contribution < 1.29 is 9.84 Å². The molecule has 1 aromatic carbocycles. The molecule has 0 spiro atoms. The number of benzene rings is 1. The second-order valence-electron chi connectivity index (χ2n) is 5.25. The molecule has 0 saturated heterocycles. The zero-order valence-electron chi connectivity index (χ0n) is 10.9. The maximum Gasteiger partial charge on any atom is 0.143 e. The molecule has 0 unspecified atom stereocenters. The highest BCUT2D eigenvalue weighted by Gasteiger charge is 2.37. The summed E-state index contributed by atoms with van der Waals surface area (Å²) in [5, 5.41) is 10.0. The fourth-order valence-electron chi connectivity index (χ4n) is 1.19. The third-order valence-electron chi connectivity index (χ3n) is 3.15. The van der Waals surface area contributed by atoms with Crippen LogP contribution in [-0.2, 0) is 6.54 Å². The molecule has 0 radical (unpaired) electrons. The Morgan fingerprint density at radius 2 is 1.82 bits per heavy atom. The Hall–Kier alpha value is -1.26. The molecule has 0 bridgehead atoms. The molecule has 17 heavy (non-hydrogen) atoms. The Kier molecular flexibility index (Phi) is 3.69. The standard InChI is InChI=1S/C13H22N2O2/c1-12(2,16)13(3,4)17-11-7-9(8-14)5-6-10(11)15/h5-7,16H,8,14-15H2,1-4H3. The molecule has 0 fully saturated rings. The topological polar surface area (TPSA) is 81.5 Å². The van der Waals surface area contributed by atoms with Crippen molar-refractivity contribution in [2.75, 3.05) is 5.73 Å². The van der Waals surface area contributed by atoms with Gasteiger partial charge in [-0.05, 0) is 45.4 Å². The lowest BCUT2D eigenvalue weighted by Crippen LogP contribution is -2.49. The molecule has 0 aliphatic heterocycles. The highest BCUT2D eigenvalue weighted by atomic mass is 16.5. The third-order valence-corrected chi connectivity index (χ3v) is 3.15. The zero-order chi connectivity index (χ0) is 13.3. The molecule has 0 saturated carbocycles. The predicted octanol–water partition coefficient (Wildman–Crippen LogP) is 1.66. The second kappa shape index (κ2) is 4.55. The Morgan fingerprint density at radius 1 is 1.24 bits per heavy atom. The van der Waals surface area contributed by atoms with E-state index in [1.54, 1.807) is 19.9 Å². The lowest BCUT2D eigenvalue weighted by molar-refractivity contribution is -0.0903. The van der Waals surface area contributed by atoms with E-state index in [4.69, 9.17) is 16.2 Å². The number of nitrogens with two attached hydrogens (primary N) is 2. The van der Waals surface area contributed by atoms with Crippen molar-refractivity contribution in [3.8, 4) is 5.75 Å². The van der Waals surface area contributed by atoms with Crippen LogP contribution in [0.25, 0.3) is 0 Å². The van der Waals surface area contributed by atoms with Crippen LogP contribution in [0, 0.1) is 0 Å². The van der Waals surface area contributed by atoms with Crippen LogP contribution in [0.15, 0.2) is 18.2 Å². The number of rotatable bonds is 4. The number of anilines is 1. The minimum atomic E-state index is -0.974. The minimum absolute atomic E-state index is 0.430. The van der Waals surface area contributed by atoms with E-state index in [1.807, 2.05) is 26.0 Å². The van der Waals surface area contributed by atoms with Gasteiger partial charge in [0.05, 0.1) is 11.3 Å². The maximum atomic E-state index is 10.0. The van der Waals surface area contributed by atoms with Crippen LogP contribution >= 0.6 is 0 Å². The van der Waals surface area contributed by atoms with Gasteiger partial charge in [0.2, 0.25) is 0 Å². The largest absolute Gasteiger partial charge is 0.483 e. The van der Waals surface area contributed by atoms with E-state index in [-0.39, 0.29) is 0 Å². The van der Waals surface area contributed by atoms with Crippen molar-refractivity contribution in [3.63, 3.8) is 0 Å². The van der Waals surface area contributed by atoms with Crippen LogP contribution < -0.4 is 16.2 Å². The van der Waals surface area contributed by atoms with E-state index in [1.165, 1.54) is 0 Å². The van der Waals surface area contributed by atoms with Gasteiger partial charge < -0.3 is 21.3 Å². The second-order valence-corrected chi connectivity index (χ2v) is 5.25. The van der Waals surface area contributed by atoms with Gasteiger partial charge in [-0.2, -0.15) is 0 Å². The van der Waals surface area contributed by atoms with E-state index >= 15 is 0 Å². The van der Waals surface area contributed by atoms with Gasteiger partial charge in [0.1, 0.15) is 11.4 Å². The number of ether oxygens (including phenoxy) is 1. The quantitative estimate of drug-likeness (QED) is 0.697. The summed E-state index contributed by atoms with van der Waals surface area (Å²) in [6.07, 6.45) is 0. The van der Waals surface area contributed by atoms with Gasteiger partial charge in [0, 0.05) is 6.54 Å². The fourth-order valence-corrected chi connectivity index (χ4v) is 1.19. The van der Waals surface area contributed by atoms with Gasteiger partial charge in [-0.3, -0.25) is 0 Å². The SMILES string of the molecule is CC(C)(O)C(C)(C)Oc1cc(CN)ccc1N. The minimum Gasteiger partial charge on any atom is -0.483 e. The molecule has 0 aliphatic carbocycles. The van der Waals surface area contributed by atoms with Crippen molar-refractivity contribution in [1.82, 2.24) is 0 Å². The van der Waals surface area contributed by atoms with Gasteiger partial charge in [0.25, 0.3) is 0 Å². The fraction of sp³-hybridized carbons (Fsp3) is 0.538. The maximum absolute atomic E-state index is 10.0. The summed E-state index contributed by atoms with van der Waals surface area (Å²) < 4.78 is 5.81. The summed E-state index contributed by atoms with van der Waals surface area (Å²) in [5.41, 5.74) is 11.2. The average molecular weight is 238 g/mol. The van der Waals surface area contributed by atoms with E-state index in [2.05, 4.69) is 0 Å². The molecule has 1 aromatic rings. The molecule has 0 atom stereocenters. The average Bonchev–Trinajstić information content (AvgIpc) is 2.19. The van der Waals surface area contributed by atoms with Crippen molar-refractivity contribution >= 4 is 5.69 Å². The Labute approximate surface area is 103 Å². The molecule has 96 valence electrons. The highest BCUT2D eigenvalue weighted by Crippen LogP contribution is 2.31. The number of hydrogen-bond acceptors (Lipinski definition) is 4. The molecule has 0 heterocycles. The van der Waals surface area contributed by atoms with Crippen molar-refractivity contribution in [2.24, 2.45) is 5.73 Å². The van der Waals surface area contributed by atoms with Crippen LogP contribution in [0.3, 0.4) is 0 Å². The van der Waals surface area contributed by atoms with Crippen molar-refractivity contribution in [3.05, 3.63) is 23.8 Å². The monoisotopic (exact) mass is 238 g/mol. The van der Waals surface area contributed by atoms with E-state index in [9.17, 15) is 5.11 Å². The summed E-state index contributed by atoms with van der Waals surface area (Å²) in [6.45, 7) is 7.48. The van der Waals surface area contributed by atoms with Gasteiger partial charge >= 0.3 is 0 Å². The third kappa shape index (κ3) is 3.11. The van der Waals surface area contributed by atoms with Crippen LogP contribution in [0.2, 0.25) is 0 Å².